The van der Waals surface area contributed by atoms with Crippen molar-refractivity contribution in [1.82, 2.24) is 5.32 Å². The number of hydrogen-bond acceptors (Lipinski definition) is 1. The summed E-state index contributed by atoms with van der Waals surface area (Å²) in [6.07, 6.45) is 6.03. The molecule has 3 saturated carbocycles. The van der Waals surface area contributed by atoms with Crippen molar-refractivity contribution in [3.8, 4) is 0 Å². The summed E-state index contributed by atoms with van der Waals surface area (Å²) in [5.41, 5.74) is 0. The third-order valence-corrected chi connectivity index (χ3v) is 4.54. The molecule has 14 heavy (non-hydrogen) atoms. The van der Waals surface area contributed by atoms with Crippen molar-refractivity contribution in [3.05, 3.63) is 0 Å². The maximum Gasteiger partial charge on any atom is 0.220 e. The van der Waals surface area contributed by atoms with Crippen molar-refractivity contribution in [2.75, 3.05) is 0 Å². The summed E-state index contributed by atoms with van der Waals surface area (Å²) in [6, 6.07) is 0.584. The fourth-order valence-electron chi connectivity index (χ4n) is 4.00. The summed E-state index contributed by atoms with van der Waals surface area (Å²) in [5, 5.41) is 3.22. The van der Waals surface area contributed by atoms with Gasteiger partial charge in [0.15, 0.2) is 0 Å². The Morgan fingerprint density at radius 3 is 2.50 bits per heavy atom. The third kappa shape index (κ3) is 1.12. The Balaban J connectivity index is 1.56. The van der Waals surface area contributed by atoms with Gasteiger partial charge < -0.3 is 5.32 Å². The molecule has 2 heteroatoms. The van der Waals surface area contributed by atoms with Gasteiger partial charge >= 0.3 is 0 Å². The molecule has 0 aromatic rings. The van der Waals surface area contributed by atoms with Gasteiger partial charge in [-0.25, -0.2) is 0 Å². The first kappa shape index (κ1) is 8.75. The van der Waals surface area contributed by atoms with Crippen LogP contribution in [0, 0.1) is 23.7 Å². The van der Waals surface area contributed by atoms with Crippen LogP contribution in [0.1, 0.15) is 39.0 Å². The van der Waals surface area contributed by atoms with E-state index in [1.165, 1.54) is 19.3 Å². The van der Waals surface area contributed by atoms with Crippen LogP contribution in [0.2, 0.25) is 0 Å². The molecular formula is C12H19NO. The first-order valence-corrected chi connectivity index (χ1v) is 6.10. The predicted octanol–water partition coefficient (Wildman–Crippen LogP) is 1.95. The van der Waals surface area contributed by atoms with E-state index in [0.29, 0.717) is 12.5 Å². The average Bonchev–Trinajstić information content (AvgIpc) is 2.60. The zero-order valence-corrected chi connectivity index (χ0v) is 8.83. The van der Waals surface area contributed by atoms with Gasteiger partial charge in [0.25, 0.3) is 0 Å². The van der Waals surface area contributed by atoms with Crippen LogP contribution in [0.25, 0.3) is 0 Å². The normalized spacial score (nSPS) is 47.6. The molecule has 3 aliphatic carbocycles. The molecule has 4 unspecified atom stereocenters. The lowest BCUT2D eigenvalue weighted by Crippen LogP contribution is -2.29. The summed E-state index contributed by atoms with van der Waals surface area (Å²) in [7, 11) is 0. The molecule has 0 aromatic carbocycles. The molecule has 2 nitrogen and oxygen atoms in total. The number of amides is 1. The minimum Gasteiger partial charge on any atom is -0.353 e. The summed E-state index contributed by atoms with van der Waals surface area (Å²) >= 11 is 0. The Kier molecular flexibility index (Phi) is 1.86. The Hall–Kier alpha value is -0.530. The topological polar surface area (TPSA) is 29.1 Å². The molecule has 1 amide bonds. The van der Waals surface area contributed by atoms with Gasteiger partial charge in [0.2, 0.25) is 5.91 Å². The molecule has 78 valence electrons. The van der Waals surface area contributed by atoms with E-state index in [4.69, 9.17) is 0 Å². The Bertz CT molecular complexity index is 247. The molecule has 0 radical (unpaired) electrons. The van der Waals surface area contributed by atoms with Crippen molar-refractivity contribution < 1.29 is 4.79 Å². The average molecular weight is 193 g/mol. The van der Waals surface area contributed by atoms with E-state index in [0.717, 1.165) is 30.1 Å². The fourth-order valence-corrected chi connectivity index (χ4v) is 4.00. The van der Waals surface area contributed by atoms with Crippen LogP contribution < -0.4 is 5.32 Å². The quantitative estimate of drug-likeness (QED) is 0.729. The second-order valence-corrected chi connectivity index (χ2v) is 5.33. The maximum atomic E-state index is 11.4. The molecule has 3 aliphatic rings. The lowest BCUT2D eigenvalue weighted by Gasteiger charge is -2.09. The number of carbonyl (C=O) groups is 1. The molecule has 1 N–H and O–H groups in total. The smallest absolute Gasteiger partial charge is 0.220 e. The van der Waals surface area contributed by atoms with Crippen LogP contribution >= 0.6 is 0 Å². The zero-order valence-electron chi connectivity index (χ0n) is 8.83. The molecule has 0 saturated heterocycles. The summed E-state index contributed by atoms with van der Waals surface area (Å²) < 4.78 is 0. The van der Waals surface area contributed by atoms with E-state index in [1.54, 1.807) is 0 Å². The highest BCUT2D eigenvalue weighted by Gasteiger charge is 2.65. The van der Waals surface area contributed by atoms with Gasteiger partial charge in [0.1, 0.15) is 0 Å². The number of carbonyl (C=O) groups excluding carboxylic acids is 1. The predicted molar refractivity (Wildman–Crippen MR) is 54.6 cm³/mol. The molecule has 0 spiro atoms. The van der Waals surface area contributed by atoms with Crippen LogP contribution in [-0.2, 0) is 4.79 Å². The molecule has 3 rings (SSSR count). The Morgan fingerprint density at radius 2 is 1.93 bits per heavy atom. The Labute approximate surface area is 85.4 Å². The summed E-state index contributed by atoms with van der Waals surface area (Å²) in [4.78, 5) is 11.4. The van der Waals surface area contributed by atoms with Crippen molar-refractivity contribution in [2.45, 2.75) is 45.1 Å². The summed E-state index contributed by atoms with van der Waals surface area (Å²) in [5.74, 6) is 3.99. The highest BCUT2D eigenvalue weighted by atomic mass is 16.1. The van der Waals surface area contributed by atoms with Crippen molar-refractivity contribution >= 4 is 5.91 Å². The molecule has 4 atom stereocenters. The van der Waals surface area contributed by atoms with Gasteiger partial charge in [0, 0.05) is 12.5 Å². The zero-order chi connectivity index (χ0) is 9.71. The fraction of sp³-hybridized carbons (Fsp3) is 0.917. The lowest BCUT2D eigenvalue weighted by atomic mass is 10.0. The molecule has 3 fully saturated rings. The molecular weight excluding hydrogens is 174 g/mol. The molecule has 0 aromatic heterocycles. The van der Waals surface area contributed by atoms with Gasteiger partial charge in [-0.3, -0.25) is 4.79 Å². The Morgan fingerprint density at radius 1 is 1.29 bits per heavy atom. The molecule has 0 heterocycles. The number of nitrogens with one attached hydrogen (secondary N) is 1. The van der Waals surface area contributed by atoms with Crippen molar-refractivity contribution in [2.24, 2.45) is 23.7 Å². The number of rotatable bonds is 3. The van der Waals surface area contributed by atoms with E-state index < -0.39 is 0 Å². The van der Waals surface area contributed by atoms with Crippen LogP contribution in [0.5, 0.6) is 0 Å². The van der Waals surface area contributed by atoms with Crippen LogP contribution in [-0.4, -0.2) is 11.9 Å². The SMILES string of the molecule is CCCC(=O)NC1C2C3CCC(C3)C12. The largest absolute Gasteiger partial charge is 0.353 e. The van der Waals surface area contributed by atoms with E-state index in [1.807, 2.05) is 0 Å². The third-order valence-electron chi connectivity index (χ3n) is 4.54. The minimum atomic E-state index is 0.284. The number of fused-ring (bicyclic) bond motifs is 5. The van der Waals surface area contributed by atoms with Crippen molar-refractivity contribution in [3.63, 3.8) is 0 Å². The van der Waals surface area contributed by atoms with E-state index in [2.05, 4.69) is 12.2 Å². The van der Waals surface area contributed by atoms with Gasteiger partial charge in [-0.2, -0.15) is 0 Å². The molecule has 0 aliphatic heterocycles. The van der Waals surface area contributed by atoms with Crippen LogP contribution in [0.15, 0.2) is 0 Å². The molecule has 2 bridgehead atoms. The van der Waals surface area contributed by atoms with Crippen LogP contribution in [0.4, 0.5) is 0 Å². The van der Waals surface area contributed by atoms with Crippen LogP contribution in [0.3, 0.4) is 0 Å². The lowest BCUT2D eigenvalue weighted by molar-refractivity contribution is -0.121. The van der Waals surface area contributed by atoms with Gasteiger partial charge in [-0.05, 0) is 49.4 Å². The van der Waals surface area contributed by atoms with Crippen molar-refractivity contribution in [1.29, 1.82) is 0 Å². The van der Waals surface area contributed by atoms with Gasteiger partial charge in [-0.15, -0.1) is 0 Å². The standard InChI is InChI=1S/C12H19NO/c1-2-3-9(14)13-12-10-7-4-5-8(6-7)11(10)12/h7-8,10-12H,2-6H2,1H3,(H,13,14). The van der Waals surface area contributed by atoms with Gasteiger partial charge in [-0.1, -0.05) is 6.92 Å². The first-order valence-electron chi connectivity index (χ1n) is 6.10. The minimum absolute atomic E-state index is 0.284. The summed E-state index contributed by atoms with van der Waals surface area (Å²) in [6.45, 7) is 2.07. The highest BCUT2D eigenvalue weighted by molar-refractivity contribution is 5.76. The van der Waals surface area contributed by atoms with Gasteiger partial charge in [0.05, 0.1) is 0 Å². The number of hydrogen-bond donors (Lipinski definition) is 1. The maximum absolute atomic E-state index is 11.4. The van der Waals surface area contributed by atoms with E-state index in [-0.39, 0.29) is 5.91 Å². The monoisotopic (exact) mass is 193 g/mol. The second-order valence-electron chi connectivity index (χ2n) is 5.33. The first-order chi connectivity index (χ1) is 6.81. The highest BCUT2D eigenvalue weighted by Crippen LogP contribution is 2.65. The van der Waals surface area contributed by atoms with E-state index in [9.17, 15) is 4.79 Å². The second kappa shape index (κ2) is 2.98. The van der Waals surface area contributed by atoms with E-state index >= 15 is 0 Å².